The van der Waals surface area contributed by atoms with Gasteiger partial charge in [-0.2, -0.15) is 0 Å². The third-order valence-electron chi connectivity index (χ3n) is 6.90. The predicted molar refractivity (Wildman–Crippen MR) is 123 cm³/mol. The van der Waals surface area contributed by atoms with Gasteiger partial charge in [0.05, 0.1) is 28.0 Å². The van der Waals surface area contributed by atoms with E-state index in [1.807, 2.05) is 6.92 Å². The van der Waals surface area contributed by atoms with E-state index in [9.17, 15) is 29.3 Å². The minimum Gasteiger partial charge on any atom is -0.452 e. The van der Waals surface area contributed by atoms with E-state index in [1.165, 1.54) is 36.4 Å². The van der Waals surface area contributed by atoms with Gasteiger partial charge in [-0.25, -0.2) is 9.69 Å². The number of hydrogen-bond acceptors (Lipinski definition) is 7. The molecule has 2 aromatic carbocycles. The Labute approximate surface area is 199 Å². The summed E-state index contributed by atoms with van der Waals surface area (Å²) in [5.74, 6) is -2.54. The highest BCUT2D eigenvalue weighted by Gasteiger charge is 2.60. The quantitative estimate of drug-likeness (QED) is 0.223. The summed E-state index contributed by atoms with van der Waals surface area (Å²) in [5, 5.41) is 13.3. The first-order valence-corrected chi connectivity index (χ1v) is 11.1. The Morgan fingerprint density at radius 3 is 2.63 bits per heavy atom. The maximum absolute atomic E-state index is 13.1. The molecule has 35 heavy (non-hydrogen) atoms. The predicted octanol–water partition coefficient (Wildman–Crippen LogP) is 3.09. The molecule has 1 heterocycles. The van der Waals surface area contributed by atoms with Crippen LogP contribution in [0.1, 0.15) is 23.7 Å². The molecule has 3 aliphatic rings. The van der Waals surface area contributed by atoms with Gasteiger partial charge in [0.1, 0.15) is 0 Å². The number of allylic oxidation sites excluding steroid dienone is 2. The summed E-state index contributed by atoms with van der Waals surface area (Å²) < 4.78 is 5.06. The number of imide groups is 1. The molecule has 2 fully saturated rings. The molecule has 5 rings (SSSR count). The summed E-state index contributed by atoms with van der Waals surface area (Å²) >= 11 is 0. The largest absolute Gasteiger partial charge is 0.452 e. The number of carbonyl (C=O) groups excluding carboxylic acids is 4. The van der Waals surface area contributed by atoms with Gasteiger partial charge in [-0.1, -0.05) is 23.8 Å². The van der Waals surface area contributed by atoms with Crippen LogP contribution in [0.25, 0.3) is 0 Å². The Balaban J connectivity index is 1.24. The van der Waals surface area contributed by atoms with Crippen LogP contribution in [0.15, 0.2) is 60.2 Å². The van der Waals surface area contributed by atoms with Crippen LogP contribution in [0.4, 0.5) is 17.1 Å². The lowest BCUT2D eigenvalue weighted by molar-refractivity contribution is -0.384. The van der Waals surface area contributed by atoms with Crippen molar-refractivity contribution in [3.05, 3.63) is 75.9 Å². The minimum atomic E-state index is -0.807. The Hall–Kier alpha value is -4.34. The monoisotopic (exact) mass is 475 g/mol. The lowest BCUT2D eigenvalue weighted by Gasteiger charge is -2.19. The molecule has 2 aromatic rings. The van der Waals surface area contributed by atoms with Crippen molar-refractivity contribution < 1.29 is 28.8 Å². The van der Waals surface area contributed by atoms with Crippen molar-refractivity contribution in [2.24, 2.45) is 23.7 Å². The average molecular weight is 475 g/mol. The van der Waals surface area contributed by atoms with Crippen LogP contribution < -0.4 is 10.2 Å². The van der Waals surface area contributed by atoms with E-state index in [0.29, 0.717) is 5.69 Å². The summed E-state index contributed by atoms with van der Waals surface area (Å²) in [6.07, 6.45) is 2.92. The highest BCUT2D eigenvalue weighted by Crippen LogP contribution is 2.55. The van der Waals surface area contributed by atoms with E-state index in [4.69, 9.17) is 4.74 Å². The molecule has 0 aromatic heterocycles. The Bertz CT molecular complexity index is 1320. The third kappa shape index (κ3) is 3.86. The number of rotatable bonds is 6. The number of non-ortho nitro benzene ring substituents is 1. The second kappa shape index (κ2) is 8.46. The van der Waals surface area contributed by atoms with E-state index in [0.717, 1.165) is 16.9 Å². The number of hydrogen-bond donors (Lipinski definition) is 1. The van der Waals surface area contributed by atoms with Crippen molar-refractivity contribution >= 4 is 40.8 Å². The molecule has 0 radical (unpaired) electrons. The number of carbonyl (C=O) groups is 4. The maximum Gasteiger partial charge on any atom is 0.338 e. The van der Waals surface area contributed by atoms with Crippen LogP contribution >= 0.6 is 0 Å². The van der Waals surface area contributed by atoms with Crippen molar-refractivity contribution in [3.63, 3.8) is 0 Å². The maximum atomic E-state index is 13.1. The molecule has 178 valence electrons. The van der Waals surface area contributed by atoms with Crippen LogP contribution in [-0.2, 0) is 19.1 Å². The van der Waals surface area contributed by atoms with Gasteiger partial charge in [0, 0.05) is 17.8 Å². The number of nitrogens with zero attached hydrogens (tertiary/aromatic N) is 2. The molecular weight excluding hydrogens is 454 g/mol. The number of ether oxygens (including phenoxy) is 1. The lowest BCUT2D eigenvalue weighted by atomic mass is 9.82. The number of fused-ring (bicyclic) bond motifs is 5. The number of esters is 1. The van der Waals surface area contributed by atoms with E-state index < -0.39 is 23.4 Å². The number of amides is 3. The Kier molecular flexibility index (Phi) is 5.43. The van der Waals surface area contributed by atoms with Crippen molar-refractivity contribution in [3.8, 4) is 0 Å². The Morgan fingerprint density at radius 2 is 1.86 bits per heavy atom. The molecule has 1 aliphatic heterocycles. The molecule has 2 aliphatic carbocycles. The van der Waals surface area contributed by atoms with Gasteiger partial charge in [-0.3, -0.25) is 24.5 Å². The van der Waals surface area contributed by atoms with E-state index in [1.54, 1.807) is 12.1 Å². The van der Waals surface area contributed by atoms with Crippen LogP contribution in [0.2, 0.25) is 0 Å². The van der Waals surface area contributed by atoms with Crippen molar-refractivity contribution in [2.75, 3.05) is 16.8 Å². The molecule has 10 heteroatoms. The SMILES string of the molecule is CC1=C[C@H]2C[C@H]1[C@@H]1C(=O)N(c3cccc(C(=O)OCC(=O)Nc4cccc([N+](=O)[O-])c4)c3)C(=O)[C@H]12. The highest BCUT2D eigenvalue weighted by molar-refractivity contribution is 6.23. The molecular formula is C25H21N3O7. The topological polar surface area (TPSA) is 136 Å². The fourth-order valence-electron chi connectivity index (χ4n) is 5.41. The number of anilines is 2. The summed E-state index contributed by atoms with van der Waals surface area (Å²) in [6, 6.07) is 11.4. The standard InChI is InChI=1S/C25H21N3O7/c1-13-8-15-10-19(13)22-21(15)23(30)27(24(22)31)17-6-2-4-14(9-17)25(32)35-12-20(29)26-16-5-3-7-18(11-16)28(33)34/h2-9,11,15,19,21-22H,10,12H2,1H3,(H,26,29)/t15-,19+,21-,22-/m0/s1. The fraction of sp³-hybridized carbons (Fsp3) is 0.280. The number of benzene rings is 2. The molecule has 0 unspecified atom stereocenters. The minimum absolute atomic E-state index is 0.0733. The summed E-state index contributed by atoms with van der Waals surface area (Å²) in [7, 11) is 0. The summed E-state index contributed by atoms with van der Waals surface area (Å²) in [4.78, 5) is 62.3. The van der Waals surface area contributed by atoms with Gasteiger partial charge in [-0.05, 0) is 49.4 Å². The number of nitro groups is 1. The molecule has 1 saturated carbocycles. The number of nitro benzene ring substituents is 1. The zero-order valence-corrected chi connectivity index (χ0v) is 18.7. The molecule has 1 N–H and O–H groups in total. The van der Waals surface area contributed by atoms with Crippen LogP contribution in [0, 0.1) is 33.8 Å². The molecule has 10 nitrogen and oxygen atoms in total. The van der Waals surface area contributed by atoms with Crippen LogP contribution in [0.3, 0.4) is 0 Å². The van der Waals surface area contributed by atoms with Gasteiger partial charge in [-0.15, -0.1) is 0 Å². The van der Waals surface area contributed by atoms with Gasteiger partial charge in [0.2, 0.25) is 11.8 Å². The van der Waals surface area contributed by atoms with Crippen LogP contribution in [-0.4, -0.2) is 35.2 Å². The van der Waals surface area contributed by atoms with Gasteiger partial charge < -0.3 is 10.1 Å². The van der Waals surface area contributed by atoms with Crippen molar-refractivity contribution in [2.45, 2.75) is 13.3 Å². The highest BCUT2D eigenvalue weighted by atomic mass is 16.6. The lowest BCUT2D eigenvalue weighted by Crippen LogP contribution is -2.33. The first-order chi connectivity index (χ1) is 16.7. The molecule has 4 atom stereocenters. The molecule has 0 spiro atoms. The van der Waals surface area contributed by atoms with Crippen molar-refractivity contribution in [1.29, 1.82) is 0 Å². The fourth-order valence-corrected chi connectivity index (χ4v) is 5.41. The summed E-state index contributed by atoms with van der Waals surface area (Å²) in [6.45, 7) is 1.37. The van der Waals surface area contributed by atoms with Crippen LogP contribution in [0.5, 0.6) is 0 Å². The summed E-state index contributed by atoms with van der Waals surface area (Å²) in [5.41, 5.74) is 1.53. The van der Waals surface area contributed by atoms with Gasteiger partial charge >= 0.3 is 5.97 Å². The van der Waals surface area contributed by atoms with E-state index in [2.05, 4.69) is 11.4 Å². The zero-order valence-electron chi connectivity index (χ0n) is 18.7. The average Bonchev–Trinajstić information content (AvgIpc) is 3.47. The normalized spacial score (nSPS) is 24.3. The first-order valence-electron chi connectivity index (χ1n) is 11.1. The molecule has 2 bridgehead atoms. The van der Waals surface area contributed by atoms with E-state index >= 15 is 0 Å². The number of nitrogens with one attached hydrogen (secondary N) is 1. The van der Waals surface area contributed by atoms with Gasteiger partial charge in [0.15, 0.2) is 6.61 Å². The second-order valence-electron chi connectivity index (χ2n) is 8.96. The second-order valence-corrected chi connectivity index (χ2v) is 8.96. The molecule has 3 amide bonds. The first kappa shape index (κ1) is 22.5. The molecule has 1 saturated heterocycles. The van der Waals surface area contributed by atoms with Gasteiger partial charge in [0.25, 0.3) is 11.6 Å². The Morgan fingerprint density at radius 1 is 1.11 bits per heavy atom. The zero-order chi connectivity index (χ0) is 24.9. The smallest absolute Gasteiger partial charge is 0.338 e. The van der Waals surface area contributed by atoms with Crippen molar-refractivity contribution in [1.82, 2.24) is 0 Å². The third-order valence-corrected chi connectivity index (χ3v) is 6.90. The van der Waals surface area contributed by atoms with E-state index in [-0.39, 0.29) is 52.4 Å².